The van der Waals surface area contributed by atoms with E-state index in [0.717, 1.165) is 0 Å². The van der Waals surface area contributed by atoms with Gasteiger partial charge in [-0.05, 0) is 36.4 Å². The molecule has 0 heterocycles. The van der Waals surface area contributed by atoms with Crippen molar-refractivity contribution >= 4 is 23.4 Å². The Morgan fingerprint density at radius 2 is 1.58 bits per heavy atom. The Bertz CT molecular complexity index is 728. The number of urea groups is 1. The van der Waals surface area contributed by atoms with E-state index in [1.54, 1.807) is 49.6 Å². The zero-order valence-corrected chi connectivity index (χ0v) is 13.6. The predicted octanol–water partition coefficient (Wildman–Crippen LogP) is 3.13. The van der Waals surface area contributed by atoms with E-state index in [4.69, 9.17) is 9.47 Å². The Balaban J connectivity index is 2.04. The van der Waals surface area contributed by atoms with Gasteiger partial charge in [-0.15, -0.1) is 0 Å². The molecule has 0 aliphatic rings. The van der Waals surface area contributed by atoms with Gasteiger partial charge in [0.15, 0.2) is 0 Å². The van der Waals surface area contributed by atoms with Crippen LogP contribution in [0.25, 0.3) is 0 Å². The molecule has 0 saturated heterocycles. The molecule has 0 spiro atoms. The minimum absolute atomic E-state index is 0.403. The van der Waals surface area contributed by atoms with Crippen molar-refractivity contribution < 1.29 is 23.8 Å². The van der Waals surface area contributed by atoms with Crippen LogP contribution in [0.1, 0.15) is 10.4 Å². The molecule has 2 N–H and O–H groups in total. The van der Waals surface area contributed by atoms with Crippen LogP contribution in [-0.4, -0.2) is 33.3 Å². The average molecular weight is 330 g/mol. The van der Waals surface area contributed by atoms with Crippen molar-refractivity contribution in [1.29, 1.82) is 0 Å². The number of ether oxygens (including phenoxy) is 3. The quantitative estimate of drug-likeness (QED) is 0.823. The molecule has 2 aromatic carbocycles. The van der Waals surface area contributed by atoms with Gasteiger partial charge in [0.05, 0.1) is 32.6 Å². The smallest absolute Gasteiger partial charge is 0.337 e. The summed E-state index contributed by atoms with van der Waals surface area (Å²) in [6.07, 6.45) is 0. The minimum Gasteiger partial charge on any atom is -0.497 e. The van der Waals surface area contributed by atoms with Gasteiger partial charge in [0.25, 0.3) is 0 Å². The zero-order valence-electron chi connectivity index (χ0n) is 13.6. The van der Waals surface area contributed by atoms with Crippen LogP contribution in [0.5, 0.6) is 11.5 Å². The van der Waals surface area contributed by atoms with E-state index in [9.17, 15) is 9.59 Å². The number of rotatable bonds is 5. The molecule has 0 fully saturated rings. The number of amides is 2. The number of anilines is 2. The first-order valence-corrected chi connectivity index (χ1v) is 7.05. The Labute approximate surface area is 139 Å². The number of benzene rings is 2. The van der Waals surface area contributed by atoms with Gasteiger partial charge in [-0.3, -0.25) is 0 Å². The first kappa shape index (κ1) is 17.1. The number of hydrogen-bond acceptors (Lipinski definition) is 5. The molecule has 0 aromatic heterocycles. The summed E-state index contributed by atoms with van der Waals surface area (Å²) in [5, 5.41) is 5.35. The van der Waals surface area contributed by atoms with Crippen molar-refractivity contribution in [2.24, 2.45) is 0 Å². The van der Waals surface area contributed by atoms with Crippen LogP contribution in [-0.2, 0) is 4.74 Å². The van der Waals surface area contributed by atoms with Crippen molar-refractivity contribution in [1.82, 2.24) is 0 Å². The van der Waals surface area contributed by atoms with Crippen LogP contribution in [0, 0.1) is 0 Å². The maximum Gasteiger partial charge on any atom is 0.337 e. The molecule has 7 heteroatoms. The molecule has 0 aliphatic carbocycles. The summed E-state index contributed by atoms with van der Waals surface area (Å²) in [5.74, 6) is 0.663. The minimum atomic E-state index is -0.440. The molecule has 24 heavy (non-hydrogen) atoms. The summed E-state index contributed by atoms with van der Waals surface area (Å²) in [7, 11) is 4.36. The second-order valence-electron chi connectivity index (χ2n) is 4.71. The molecule has 126 valence electrons. The van der Waals surface area contributed by atoms with Gasteiger partial charge in [0.1, 0.15) is 11.5 Å². The third-order valence-electron chi connectivity index (χ3n) is 3.22. The number of carbonyl (C=O) groups excluding carboxylic acids is 2. The Kier molecular flexibility index (Phi) is 5.62. The first-order valence-electron chi connectivity index (χ1n) is 7.05. The molecule has 2 aromatic rings. The lowest BCUT2D eigenvalue weighted by atomic mass is 10.2. The van der Waals surface area contributed by atoms with E-state index in [1.165, 1.54) is 14.2 Å². The van der Waals surface area contributed by atoms with Crippen LogP contribution >= 0.6 is 0 Å². The second kappa shape index (κ2) is 7.87. The highest BCUT2D eigenvalue weighted by atomic mass is 16.5. The van der Waals surface area contributed by atoms with E-state index >= 15 is 0 Å². The maximum atomic E-state index is 12.1. The highest BCUT2D eigenvalue weighted by Gasteiger charge is 2.10. The lowest BCUT2D eigenvalue weighted by molar-refractivity contribution is 0.0600. The lowest BCUT2D eigenvalue weighted by Crippen LogP contribution is -2.19. The summed E-state index contributed by atoms with van der Waals surface area (Å²) in [6, 6.07) is 11.0. The second-order valence-corrected chi connectivity index (χ2v) is 4.71. The van der Waals surface area contributed by atoms with Crippen molar-refractivity contribution in [3.63, 3.8) is 0 Å². The zero-order chi connectivity index (χ0) is 17.5. The Hall–Kier alpha value is -3.22. The van der Waals surface area contributed by atoms with Crippen LogP contribution in [0.15, 0.2) is 42.5 Å². The normalized spacial score (nSPS) is 9.79. The van der Waals surface area contributed by atoms with Crippen molar-refractivity contribution in [2.75, 3.05) is 32.0 Å². The summed E-state index contributed by atoms with van der Waals surface area (Å²) in [4.78, 5) is 23.4. The monoisotopic (exact) mass is 330 g/mol. The molecule has 0 saturated carbocycles. The standard InChI is InChI=1S/C17H18N2O5/c1-22-13-8-9-14(15(10-13)23-2)19-17(21)18-12-6-4-11(5-7-12)16(20)24-3/h4-10H,1-3H3,(H2,18,19,21). The van der Waals surface area contributed by atoms with Gasteiger partial charge in [0.2, 0.25) is 0 Å². The average Bonchev–Trinajstić information content (AvgIpc) is 2.61. The van der Waals surface area contributed by atoms with Gasteiger partial charge >= 0.3 is 12.0 Å². The summed E-state index contributed by atoms with van der Waals surface area (Å²) < 4.78 is 14.9. The van der Waals surface area contributed by atoms with Crippen LogP contribution in [0.2, 0.25) is 0 Å². The number of methoxy groups -OCH3 is 3. The van der Waals surface area contributed by atoms with E-state index < -0.39 is 12.0 Å². The molecular weight excluding hydrogens is 312 g/mol. The fourth-order valence-corrected chi connectivity index (χ4v) is 1.99. The summed E-state index contributed by atoms with van der Waals surface area (Å²) in [5.41, 5.74) is 1.44. The summed E-state index contributed by atoms with van der Waals surface area (Å²) in [6.45, 7) is 0. The molecule has 0 aliphatic heterocycles. The highest BCUT2D eigenvalue weighted by molar-refractivity contribution is 6.01. The fraction of sp³-hybridized carbons (Fsp3) is 0.176. The number of hydrogen-bond donors (Lipinski definition) is 2. The molecule has 2 amide bonds. The maximum absolute atomic E-state index is 12.1. The van der Waals surface area contributed by atoms with Crippen molar-refractivity contribution in [3.8, 4) is 11.5 Å². The Morgan fingerprint density at radius 1 is 0.875 bits per heavy atom. The molecule has 0 atom stereocenters. The molecule has 2 rings (SSSR count). The van der Waals surface area contributed by atoms with E-state index in [1.807, 2.05) is 0 Å². The SMILES string of the molecule is COC(=O)c1ccc(NC(=O)Nc2ccc(OC)cc2OC)cc1. The fourth-order valence-electron chi connectivity index (χ4n) is 1.99. The van der Waals surface area contributed by atoms with Gasteiger partial charge in [-0.2, -0.15) is 0 Å². The predicted molar refractivity (Wildman–Crippen MR) is 90.0 cm³/mol. The van der Waals surface area contributed by atoms with E-state index in [0.29, 0.717) is 28.4 Å². The first-order chi connectivity index (χ1) is 11.6. The summed E-state index contributed by atoms with van der Waals surface area (Å²) >= 11 is 0. The number of esters is 1. The number of carbonyl (C=O) groups is 2. The highest BCUT2D eigenvalue weighted by Crippen LogP contribution is 2.29. The Morgan fingerprint density at radius 3 is 2.17 bits per heavy atom. The van der Waals surface area contributed by atoms with Crippen LogP contribution < -0.4 is 20.1 Å². The molecule has 0 unspecified atom stereocenters. The molecular formula is C17H18N2O5. The third kappa shape index (κ3) is 4.16. The number of nitrogens with one attached hydrogen (secondary N) is 2. The van der Waals surface area contributed by atoms with E-state index in [-0.39, 0.29) is 0 Å². The van der Waals surface area contributed by atoms with Gasteiger partial charge < -0.3 is 24.8 Å². The molecule has 7 nitrogen and oxygen atoms in total. The topological polar surface area (TPSA) is 85.9 Å². The molecule has 0 radical (unpaired) electrons. The van der Waals surface area contributed by atoms with E-state index in [2.05, 4.69) is 15.4 Å². The van der Waals surface area contributed by atoms with Gasteiger partial charge in [-0.1, -0.05) is 0 Å². The third-order valence-corrected chi connectivity index (χ3v) is 3.22. The van der Waals surface area contributed by atoms with Crippen molar-refractivity contribution in [2.45, 2.75) is 0 Å². The van der Waals surface area contributed by atoms with Crippen LogP contribution in [0.3, 0.4) is 0 Å². The van der Waals surface area contributed by atoms with Gasteiger partial charge in [0, 0.05) is 11.8 Å². The van der Waals surface area contributed by atoms with Crippen molar-refractivity contribution in [3.05, 3.63) is 48.0 Å². The molecule has 0 bridgehead atoms. The van der Waals surface area contributed by atoms with Crippen LogP contribution in [0.4, 0.5) is 16.2 Å². The van der Waals surface area contributed by atoms with Gasteiger partial charge in [-0.25, -0.2) is 9.59 Å². The lowest BCUT2D eigenvalue weighted by Gasteiger charge is -2.12. The largest absolute Gasteiger partial charge is 0.497 e.